The van der Waals surface area contributed by atoms with Crippen LogP contribution in [0.1, 0.15) is 38.7 Å². The van der Waals surface area contributed by atoms with Gasteiger partial charge in [-0.2, -0.15) is 0 Å². The van der Waals surface area contributed by atoms with Crippen molar-refractivity contribution in [3.63, 3.8) is 0 Å². The fraction of sp³-hybridized carbons (Fsp3) is 0.146. The minimum Gasteiger partial charge on any atom is -0.497 e. The molecular formula is C41H32N2O5. The number of rotatable bonds is 7. The predicted molar refractivity (Wildman–Crippen MR) is 184 cm³/mol. The van der Waals surface area contributed by atoms with Crippen LogP contribution in [0.4, 0.5) is 11.4 Å². The number of nitrogens with one attached hydrogen (secondary N) is 1. The molecule has 7 nitrogen and oxygen atoms in total. The molecule has 7 heteroatoms. The highest BCUT2D eigenvalue weighted by Gasteiger charge is 2.71. The number of carbonyl (C=O) groups excluding carboxylic acids is 3. The van der Waals surface area contributed by atoms with Crippen LogP contribution in [-0.2, 0) is 19.7 Å². The summed E-state index contributed by atoms with van der Waals surface area (Å²) in [5, 5.41) is 3.07. The largest absolute Gasteiger partial charge is 0.497 e. The maximum atomic E-state index is 15.2. The zero-order valence-corrected chi connectivity index (χ0v) is 26.2. The molecule has 8 rings (SSSR count). The maximum absolute atomic E-state index is 15.2. The third-order valence-corrected chi connectivity index (χ3v) is 9.88. The Hall–Kier alpha value is -5.95. The van der Waals surface area contributed by atoms with E-state index in [0.717, 1.165) is 22.4 Å². The fourth-order valence-corrected chi connectivity index (χ4v) is 7.78. The Kier molecular flexibility index (Phi) is 7.17. The molecule has 0 saturated carbocycles. The van der Waals surface area contributed by atoms with Crippen molar-refractivity contribution in [2.45, 2.75) is 23.6 Å². The normalized spacial score (nSPS) is 21.8. The van der Waals surface area contributed by atoms with Gasteiger partial charge in [-0.3, -0.25) is 14.4 Å². The molecule has 3 aliphatic rings. The van der Waals surface area contributed by atoms with Crippen molar-refractivity contribution in [1.82, 2.24) is 0 Å². The van der Waals surface area contributed by atoms with Crippen LogP contribution in [0.2, 0.25) is 0 Å². The van der Waals surface area contributed by atoms with Gasteiger partial charge in [0, 0.05) is 16.9 Å². The van der Waals surface area contributed by atoms with Gasteiger partial charge in [0.15, 0.2) is 11.9 Å². The molecule has 48 heavy (non-hydrogen) atoms. The van der Waals surface area contributed by atoms with Crippen LogP contribution in [0.3, 0.4) is 0 Å². The predicted octanol–water partition coefficient (Wildman–Crippen LogP) is 7.00. The van der Waals surface area contributed by atoms with E-state index in [4.69, 9.17) is 9.47 Å². The number of hydrogen-bond donors (Lipinski definition) is 1. The molecule has 1 N–H and O–H groups in total. The van der Waals surface area contributed by atoms with Crippen molar-refractivity contribution in [1.29, 1.82) is 0 Å². The van der Waals surface area contributed by atoms with Gasteiger partial charge in [-0.25, -0.2) is 0 Å². The minimum atomic E-state index is -1.47. The van der Waals surface area contributed by atoms with Gasteiger partial charge in [-0.1, -0.05) is 109 Å². The number of para-hydroxylation sites is 2. The average Bonchev–Trinajstić information content (AvgIpc) is 3.63. The van der Waals surface area contributed by atoms with Crippen LogP contribution in [0, 0.1) is 5.92 Å². The van der Waals surface area contributed by atoms with Crippen molar-refractivity contribution in [2.75, 3.05) is 17.3 Å². The number of fused-ring (bicyclic) bond motifs is 6. The third-order valence-electron chi connectivity index (χ3n) is 9.88. The van der Waals surface area contributed by atoms with Crippen molar-refractivity contribution >= 4 is 35.1 Å². The third kappa shape index (κ3) is 4.46. The maximum Gasteiger partial charge on any atom is 0.314 e. The summed E-state index contributed by atoms with van der Waals surface area (Å²) in [6.07, 6.45) is 3.16. The molecule has 3 aliphatic heterocycles. The lowest BCUT2D eigenvalue weighted by molar-refractivity contribution is -0.156. The first-order valence-corrected chi connectivity index (χ1v) is 16.0. The zero-order valence-electron chi connectivity index (χ0n) is 26.2. The molecular weight excluding hydrogens is 600 g/mol. The van der Waals surface area contributed by atoms with Crippen LogP contribution in [0.5, 0.6) is 5.75 Å². The van der Waals surface area contributed by atoms with E-state index in [1.165, 1.54) is 0 Å². The number of benzene rings is 5. The lowest BCUT2D eigenvalue weighted by Gasteiger charge is -2.37. The van der Waals surface area contributed by atoms with E-state index < -0.39 is 35.5 Å². The molecule has 236 valence electrons. The number of esters is 1. The summed E-state index contributed by atoms with van der Waals surface area (Å²) in [5.41, 5.74) is 3.43. The lowest BCUT2D eigenvalue weighted by Crippen LogP contribution is -2.51. The van der Waals surface area contributed by atoms with E-state index in [1.807, 2.05) is 126 Å². The van der Waals surface area contributed by atoms with E-state index in [0.29, 0.717) is 22.6 Å². The van der Waals surface area contributed by atoms with Gasteiger partial charge >= 0.3 is 5.97 Å². The molecule has 0 aromatic heterocycles. The van der Waals surface area contributed by atoms with Crippen LogP contribution < -0.4 is 15.0 Å². The molecule has 3 heterocycles. The Morgan fingerprint density at radius 1 is 0.771 bits per heavy atom. The van der Waals surface area contributed by atoms with Crippen LogP contribution in [0.15, 0.2) is 140 Å². The highest BCUT2D eigenvalue weighted by Crippen LogP contribution is 2.58. The van der Waals surface area contributed by atoms with Gasteiger partial charge < -0.3 is 19.7 Å². The highest BCUT2D eigenvalue weighted by molar-refractivity contribution is 6.15. The number of anilines is 2. The Balaban J connectivity index is 1.35. The van der Waals surface area contributed by atoms with Crippen LogP contribution >= 0.6 is 0 Å². The van der Waals surface area contributed by atoms with Gasteiger partial charge in [-0.15, -0.1) is 0 Å². The summed E-state index contributed by atoms with van der Waals surface area (Å²) in [6.45, 7) is 0. The number of hydrogen-bond acceptors (Lipinski definition) is 6. The second-order valence-electron chi connectivity index (χ2n) is 12.3. The fourth-order valence-electron chi connectivity index (χ4n) is 7.78. The second-order valence-corrected chi connectivity index (χ2v) is 12.3. The molecule has 5 aromatic carbocycles. The van der Waals surface area contributed by atoms with Gasteiger partial charge in [0.25, 0.3) is 0 Å². The summed E-state index contributed by atoms with van der Waals surface area (Å²) in [5.74, 6) is -1.88. The van der Waals surface area contributed by atoms with E-state index in [1.54, 1.807) is 31.4 Å². The zero-order chi connectivity index (χ0) is 32.8. The SMILES string of the molecule is COc1ccc(C(=O)[C@@H]2[C@H](C(=O)OC(c3ccccc3)c3ccccc3)[C@]3(C(=O)Nc4ccccc43)[C@H]3C=Cc4ccccc4N23)cc1. The number of ether oxygens (including phenoxy) is 2. The van der Waals surface area contributed by atoms with Gasteiger partial charge in [0.2, 0.25) is 5.91 Å². The molecule has 5 aromatic rings. The summed E-state index contributed by atoms with van der Waals surface area (Å²) in [7, 11) is 1.57. The number of nitrogens with zero attached hydrogens (tertiary/aromatic N) is 1. The summed E-state index contributed by atoms with van der Waals surface area (Å²) in [6, 6.07) is 39.4. The lowest BCUT2D eigenvalue weighted by atomic mass is 9.66. The summed E-state index contributed by atoms with van der Waals surface area (Å²) >= 11 is 0. The minimum absolute atomic E-state index is 0.292. The molecule has 0 aliphatic carbocycles. The van der Waals surface area contributed by atoms with Gasteiger partial charge in [0.1, 0.15) is 23.1 Å². The molecule has 0 unspecified atom stereocenters. The van der Waals surface area contributed by atoms with Crippen LogP contribution in [0.25, 0.3) is 6.08 Å². The Morgan fingerprint density at radius 3 is 2.08 bits per heavy atom. The molecule has 1 amide bonds. The van der Waals surface area contributed by atoms with Crippen LogP contribution in [-0.4, -0.2) is 36.9 Å². The topological polar surface area (TPSA) is 84.9 Å². The number of Topliss-reactive ketones (excluding diaryl/α,β-unsaturated/α-hetero) is 1. The summed E-state index contributed by atoms with van der Waals surface area (Å²) in [4.78, 5) is 46.8. The first kappa shape index (κ1) is 29.5. The molecule has 0 radical (unpaired) electrons. The molecule has 4 atom stereocenters. The quantitative estimate of drug-likeness (QED) is 0.154. The van der Waals surface area contributed by atoms with Crippen molar-refractivity contribution in [2.24, 2.45) is 5.92 Å². The second kappa shape index (κ2) is 11.7. The smallest absolute Gasteiger partial charge is 0.314 e. The van der Waals surface area contributed by atoms with Crippen molar-refractivity contribution in [3.05, 3.63) is 167 Å². The standard InChI is InChI=1S/C41H32N2O5/c1-47-30-23-20-27(21-24-30)37(44)36-35(39(45)48-38(28-13-4-2-5-14-28)29-15-6-3-7-16-29)41(31-17-9-10-18-32(31)42-40(41)46)34-25-22-26-12-8-11-19-33(26)43(34)36/h2-25,34-36,38H,1H3,(H,42,46)/t34-,35-,36+,41-/m1/s1. The van der Waals surface area contributed by atoms with Crippen molar-refractivity contribution in [3.8, 4) is 5.75 Å². The van der Waals surface area contributed by atoms with E-state index in [-0.39, 0.29) is 11.7 Å². The first-order valence-electron chi connectivity index (χ1n) is 16.0. The average molecular weight is 633 g/mol. The van der Waals surface area contributed by atoms with E-state index in [9.17, 15) is 9.59 Å². The molecule has 1 saturated heterocycles. The van der Waals surface area contributed by atoms with E-state index in [2.05, 4.69) is 5.32 Å². The summed E-state index contributed by atoms with van der Waals surface area (Å²) < 4.78 is 11.9. The number of amides is 1. The highest BCUT2D eigenvalue weighted by atomic mass is 16.5. The first-order chi connectivity index (χ1) is 23.5. The monoisotopic (exact) mass is 632 g/mol. The Bertz CT molecular complexity index is 2020. The number of methoxy groups -OCH3 is 1. The molecule has 0 bridgehead atoms. The molecule has 1 fully saturated rings. The number of ketones is 1. The van der Waals surface area contributed by atoms with Gasteiger partial charge in [-0.05, 0) is 58.7 Å². The Labute approximate surface area is 278 Å². The number of carbonyl (C=O) groups is 3. The molecule has 1 spiro atoms. The Morgan fingerprint density at radius 2 is 1.40 bits per heavy atom. The van der Waals surface area contributed by atoms with Gasteiger partial charge in [0.05, 0.1) is 13.2 Å². The van der Waals surface area contributed by atoms with E-state index >= 15 is 4.79 Å². The van der Waals surface area contributed by atoms with Crippen molar-refractivity contribution < 1.29 is 23.9 Å².